The van der Waals surface area contributed by atoms with Crippen molar-refractivity contribution in [1.82, 2.24) is 4.98 Å². The molecule has 0 radical (unpaired) electrons. The first-order valence-corrected chi connectivity index (χ1v) is 6.78. The van der Waals surface area contributed by atoms with Crippen LogP contribution in [0.2, 0.25) is 5.02 Å². The second-order valence-corrected chi connectivity index (χ2v) is 5.32. The van der Waals surface area contributed by atoms with Gasteiger partial charge in [-0.2, -0.15) is 0 Å². The molecule has 0 aliphatic heterocycles. The number of anilines is 1. The predicted molar refractivity (Wildman–Crippen MR) is 78.1 cm³/mol. The zero-order chi connectivity index (χ0) is 15.4. The molecule has 0 aliphatic rings. The number of aromatic nitrogens is 1. The summed E-state index contributed by atoms with van der Waals surface area (Å²) in [6.45, 7) is 0. The van der Waals surface area contributed by atoms with E-state index in [4.69, 9.17) is 16.7 Å². The SMILES string of the molecule is O=C(O)C=Cc1cnc(NC(=O)c2cc(Cl)ccc2F)s1. The number of nitrogens with one attached hydrogen (secondary N) is 1. The lowest BCUT2D eigenvalue weighted by atomic mass is 10.2. The van der Waals surface area contributed by atoms with Gasteiger partial charge in [-0.15, -0.1) is 0 Å². The Morgan fingerprint density at radius 3 is 2.90 bits per heavy atom. The van der Waals surface area contributed by atoms with Crippen LogP contribution < -0.4 is 5.32 Å². The van der Waals surface area contributed by atoms with Crippen LogP contribution in [-0.2, 0) is 4.79 Å². The van der Waals surface area contributed by atoms with Crippen LogP contribution >= 0.6 is 22.9 Å². The number of carbonyl (C=O) groups excluding carboxylic acids is 1. The first kappa shape index (κ1) is 15.1. The van der Waals surface area contributed by atoms with Crippen molar-refractivity contribution in [2.45, 2.75) is 0 Å². The number of thiazole rings is 1. The third kappa shape index (κ3) is 4.11. The number of benzene rings is 1. The van der Waals surface area contributed by atoms with Crippen LogP contribution in [0, 0.1) is 5.82 Å². The molecule has 1 aromatic carbocycles. The second-order valence-electron chi connectivity index (χ2n) is 3.82. The van der Waals surface area contributed by atoms with Crippen LogP contribution in [0.25, 0.3) is 6.08 Å². The minimum absolute atomic E-state index is 0.194. The lowest BCUT2D eigenvalue weighted by molar-refractivity contribution is -0.131. The molecule has 1 amide bonds. The van der Waals surface area contributed by atoms with Crippen molar-refractivity contribution < 1.29 is 19.1 Å². The number of amides is 1. The zero-order valence-electron chi connectivity index (χ0n) is 10.3. The maximum absolute atomic E-state index is 13.5. The largest absolute Gasteiger partial charge is 0.478 e. The smallest absolute Gasteiger partial charge is 0.328 e. The van der Waals surface area contributed by atoms with Crippen molar-refractivity contribution in [3.63, 3.8) is 0 Å². The fourth-order valence-electron chi connectivity index (χ4n) is 1.41. The molecule has 0 saturated heterocycles. The molecule has 0 saturated carbocycles. The molecule has 108 valence electrons. The van der Waals surface area contributed by atoms with Crippen molar-refractivity contribution in [3.8, 4) is 0 Å². The van der Waals surface area contributed by atoms with E-state index in [-0.39, 0.29) is 15.7 Å². The second kappa shape index (κ2) is 6.47. The van der Waals surface area contributed by atoms with Crippen molar-refractivity contribution in [2.75, 3.05) is 5.32 Å². The van der Waals surface area contributed by atoms with Gasteiger partial charge in [-0.25, -0.2) is 14.2 Å². The molecule has 1 aromatic heterocycles. The summed E-state index contributed by atoms with van der Waals surface area (Å²) in [7, 11) is 0. The molecule has 21 heavy (non-hydrogen) atoms. The number of carbonyl (C=O) groups is 2. The van der Waals surface area contributed by atoms with Crippen LogP contribution in [0.5, 0.6) is 0 Å². The number of carboxylic acids is 1. The van der Waals surface area contributed by atoms with Crippen LogP contribution in [0.4, 0.5) is 9.52 Å². The van der Waals surface area contributed by atoms with Gasteiger partial charge >= 0.3 is 5.97 Å². The first-order chi connectivity index (χ1) is 9.95. The topological polar surface area (TPSA) is 79.3 Å². The monoisotopic (exact) mass is 326 g/mol. The number of hydrogen-bond donors (Lipinski definition) is 2. The van der Waals surface area contributed by atoms with Crippen molar-refractivity contribution >= 4 is 46.0 Å². The summed E-state index contributed by atoms with van der Waals surface area (Å²) in [4.78, 5) is 26.7. The number of rotatable bonds is 4. The quantitative estimate of drug-likeness (QED) is 0.845. The summed E-state index contributed by atoms with van der Waals surface area (Å²) in [5.41, 5.74) is -0.194. The third-order valence-corrected chi connectivity index (χ3v) is 3.42. The van der Waals surface area contributed by atoms with Gasteiger partial charge in [0.2, 0.25) is 0 Å². The molecule has 2 rings (SSSR count). The molecule has 0 bridgehead atoms. The molecule has 0 atom stereocenters. The Balaban J connectivity index is 2.13. The highest BCUT2D eigenvalue weighted by molar-refractivity contribution is 7.16. The lowest BCUT2D eigenvalue weighted by Crippen LogP contribution is -2.13. The Kier molecular flexibility index (Phi) is 4.66. The van der Waals surface area contributed by atoms with Gasteiger partial charge in [0.25, 0.3) is 5.91 Å². The molecular formula is C13H8ClFN2O3S. The van der Waals surface area contributed by atoms with Gasteiger partial charge in [0.05, 0.1) is 5.56 Å². The third-order valence-electron chi connectivity index (χ3n) is 2.31. The highest BCUT2D eigenvalue weighted by atomic mass is 35.5. The molecule has 0 aliphatic carbocycles. The van der Waals surface area contributed by atoms with Crippen LogP contribution in [0.3, 0.4) is 0 Å². The minimum Gasteiger partial charge on any atom is -0.478 e. The number of carboxylic acid groups (broad SMARTS) is 1. The highest BCUT2D eigenvalue weighted by Crippen LogP contribution is 2.21. The average molecular weight is 327 g/mol. The number of halogens is 2. The summed E-state index contributed by atoms with van der Waals surface area (Å²) in [5, 5.41) is 11.4. The molecule has 0 spiro atoms. The van der Waals surface area contributed by atoms with Gasteiger partial charge < -0.3 is 5.11 Å². The molecule has 5 nitrogen and oxygen atoms in total. The Morgan fingerprint density at radius 1 is 1.43 bits per heavy atom. The highest BCUT2D eigenvalue weighted by Gasteiger charge is 2.14. The molecule has 2 N–H and O–H groups in total. The maximum atomic E-state index is 13.5. The van der Waals surface area contributed by atoms with E-state index < -0.39 is 17.7 Å². The summed E-state index contributed by atoms with van der Waals surface area (Å²) in [6.07, 6.45) is 3.69. The summed E-state index contributed by atoms with van der Waals surface area (Å²) < 4.78 is 13.5. The standard InChI is InChI=1S/C13H8ClFN2O3S/c14-7-1-3-10(15)9(5-7)12(20)17-13-16-6-8(21-13)2-4-11(18)19/h1-6H,(H,18,19)(H,16,17,20). The van der Waals surface area contributed by atoms with E-state index in [0.29, 0.717) is 4.88 Å². The van der Waals surface area contributed by atoms with Gasteiger partial charge in [0, 0.05) is 22.2 Å². The van der Waals surface area contributed by atoms with Crippen molar-refractivity contribution in [2.24, 2.45) is 0 Å². The van der Waals surface area contributed by atoms with Crippen LogP contribution in [0.1, 0.15) is 15.2 Å². The summed E-state index contributed by atoms with van der Waals surface area (Å²) in [6, 6.07) is 3.65. The fourth-order valence-corrected chi connectivity index (χ4v) is 2.30. The fraction of sp³-hybridized carbons (Fsp3) is 0. The van der Waals surface area contributed by atoms with Crippen molar-refractivity contribution in [1.29, 1.82) is 0 Å². The van der Waals surface area contributed by atoms with E-state index in [2.05, 4.69) is 10.3 Å². The Bertz CT molecular complexity index is 730. The number of nitrogens with zero attached hydrogens (tertiary/aromatic N) is 1. The molecule has 8 heteroatoms. The summed E-state index contributed by atoms with van der Waals surface area (Å²) in [5.74, 6) is -2.47. The first-order valence-electron chi connectivity index (χ1n) is 5.59. The Labute approximate surface area is 127 Å². The predicted octanol–water partition coefficient (Wildman–Crippen LogP) is 3.29. The summed E-state index contributed by atoms with van der Waals surface area (Å²) >= 11 is 6.77. The lowest BCUT2D eigenvalue weighted by Gasteiger charge is -2.03. The Hall–Kier alpha value is -2.25. The maximum Gasteiger partial charge on any atom is 0.328 e. The van der Waals surface area contributed by atoms with E-state index in [1.807, 2.05) is 0 Å². The molecule has 2 aromatic rings. The van der Waals surface area contributed by atoms with Gasteiger partial charge in [0.15, 0.2) is 5.13 Å². The van der Waals surface area contributed by atoms with Gasteiger partial charge in [-0.3, -0.25) is 10.1 Å². The normalized spacial score (nSPS) is 10.8. The Morgan fingerprint density at radius 2 is 2.19 bits per heavy atom. The van der Waals surface area contributed by atoms with Gasteiger partial charge in [-0.05, 0) is 24.3 Å². The van der Waals surface area contributed by atoms with Crippen LogP contribution in [0.15, 0.2) is 30.5 Å². The van der Waals surface area contributed by atoms with Crippen LogP contribution in [-0.4, -0.2) is 22.0 Å². The zero-order valence-corrected chi connectivity index (χ0v) is 11.9. The van der Waals surface area contributed by atoms with Crippen molar-refractivity contribution in [3.05, 3.63) is 51.8 Å². The van der Waals surface area contributed by atoms with E-state index in [0.717, 1.165) is 23.5 Å². The number of aliphatic carboxylic acids is 1. The van der Waals surface area contributed by atoms with E-state index in [9.17, 15) is 14.0 Å². The van der Waals surface area contributed by atoms with E-state index in [1.165, 1.54) is 24.4 Å². The average Bonchev–Trinajstić information content (AvgIpc) is 2.86. The van der Waals surface area contributed by atoms with E-state index >= 15 is 0 Å². The molecular weight excluding hydrogens is 319 g/mol. The molecule has 0 fully saturated rings. The number of hydrogen-bond acceptors (Lipinski definition) is 4. The van der Waals surface area contributed by atoms with E-state index in [1.54, 1.807) is 0 Å². The molecule has 1 heterocycles. The molecule has 0 unspecified atom stereocenters. The minimum atomic E-state index is -1.09. The van der Waals surface area contributed by atoms with Gasteiger partial charge in [-0.1, -0.05) is 22.9 Å². The van der Waals surface area contributed by atoms with Gasteiger partial charge in [0.1, 0.15) is 5.82 Å².